The lowest BCUT2D eigenvalue weighted by atomic mass is 10.1. The molecule has 1 aromatic carbocycles. The highest BCUT2D eigenvalue weighted by Crippen LogP contribution is 2.11. The van der Waals surface area contributed by atoms with Gasteiger partial charge in [0.15, 0.2) is 0 Å². The van der Waals surface area contributed by atoms with Crippen molar-refractivity contribution in [3.8, 4) is 5.75 Å². The molecule has 0 radical (unpaired) electrons. The van der Waals surface area contributed by atoms with E-state index in [4.69, 9.17) is 25.7 Å². The first-order valence-electron chi connectivity index (χ1n) is 8.65. The molecule has 0 aliphatic heterocycles. The molecule has 1 aromatic rings. The molecule has 1 atom stereocenters. The lowest BCUT2D eigenvalue weighted by Gasteiger charge is -2.15. The van der Waals surface area contributed by atoms with E-state index in [2.05, 4.69) is 5.32 Å². The molecule has 142 valence electrons. The van der Waals surface area contributed by atoms with Crippen molar-refractivity contribution in [1.29, 1.82) is 0 Å². The highest BCUT2D eigenvalue weighted by Gasteiger charge is 2.15. The molecular formula is C18H31N3O4. The minimum absolute atomic E-state index is 0.120. The summed E-state index contributed by atoms with van der Waals surface area (Å²) < 4.78 is 16.4. The lowest BCUT2D eigenvalue weighted by molar-refractivity contribution is -0.123. The third kappa shape index (κ3) is 9.40. The third-order valence-electron chi connectivity index (χ3n) is 3.59. The average molecular weight is 353 g/mol. The van der Waals surface area contributed by atoms with Crippen LogP contribution in [0.1, 0.15) is 19.4 Å². The summed E-state index contributed by atoms with van der Waals surface area (Å²) in [5.41, 5.74) is 12.3. The van der Waals surface area contributed by atoms with E-state index >= 15 is 0 Å². The summed E-state index contributed by atoms with van der Waals surface area (Å²) in [4.78, 5) is 11.6. The predicted molar refractivity (Wildman–Crippen MR) is 97.3 cm³/mol. The van der Waals surface area contributed by atoms with Gasteiger partial charge in [0.25, 0.3) is 0 Å². The van der Waals surface area contributed by atoms with Crippen molar-refractivity contribution < 1.29 is 19.0 Å². The standard InChI is InChI=1S/C18H31N3O4/c1-14(2)17(20)18(22)21-7-8-23-9-10-24-11-12-25-16-5-3-15(13-19)4-6-16/h3-6,14,17H,7-13,19-20H2,1-2H3,(H,21,22)/t17-/m0/s1. The van der Waals surface area contributed by atoms with Crippen LogP contribution in [0.5, 0.6) is 5.75 Å². The fraction of sp³-hybridized carbons (Fsp3) is 0.611. The normalized spacial score (nSPS) is 12.2. The zero-order chi connectivity index (χ0) is 18.5. The molecule has 5 N–H and O–H groups in total. The van der Waals surface area contributed by atoms with Crippen LogP contribution in [0.15, 0.2) is 24.3 Å². The van der Waals surface area contributed by atoms with Gasteiger partial charge in [0, 0.05) is 13.1 Å². The van der Waals surface area contributed by atoms with Crippen LogP contribution < -0.4 is 21.5 Å². The van der Waals surface area contributed by atoms with Crippen molar-refractivity contribution in [2.45, 2.75) is 26.4 Å². The second kappa shape index (κ2) is 12.7. The van der Waals surface area contributed by atoms with Crippen LogP contribution in [-0.4, -0.2) is 51.5 Å². The summed E-state index contributed by atoms with van der Waals surface area (Å²) in [6, 6.07) is 7.19. The summed E-state index contributed by atoms with van der Waals surface area (Å²) in [5, 5.41) is 2.74. The molecule has 0 aliphatic rings. The van der Waals surface area contributed by atoms with E-state index < -0.39 is 6.04 Å². The van der Waals surface area contributed by atoms with E-state index in [-0.39, 0.29) is 11.8 Å². The van der Waals surface area contributed by atoms with Gasteiger partial charge >= 0.3 is 0 Å². The number of carbonyl (C=O) groups is 1. The van der Waals surface area contributed by atoms with Gasteiger partial charge in [0.2, 0.25) is 5.91 Å². The van der Waals surface area contributed by atoms with Crippen LogP contribution in [0.25, 0.3) is 0 Å². The van der Waals surface area contributed by atoms with Crippen LogP contribution >= 0.6 is 0 Å². The predicted octanol–water partition coefficient (Wildman–Crippen LogP) is 0.657. The Balaban J connectivity index is 1.92. The van der Waals surface area contributed by atoms with Crippen LogP contribution in [0, 0.1) is 5.92 Å². The highest BCUT2D eigenvalue weighted by atomic mass is 16.5. The summed E-state index contributed by atoms with van der Waals surface area (Å²) in [7, 11) is 0. The topological polar surface area (TPSA) is 109 Å². The van der Waals surface area contributed by atoms with E-state index in [1.165, 1.54) is 0 Å². The van der Waals surface area contributed by atoms with Gasteiger partial charge in [-0.15, -0.1) is 0 Å². The van der Waals surface area contributed by atoms with Gasteiger partial charge in [-0.25, -0.2) is 0 Å². The number of nitrogens with one attached hydrogen (secondary N) is 1. The molecule has 0 heterocycles. The van der Waals surface area contributed by atoms with Crippen molar-refractivity contribution >= 4 is 5.91 Å². The van der Waals surface area contributed by atoms with Crippen molar-refractivity contribution in [2.24, 2.45) is 17.4 Å². The summed E-state index contributed by atoms with van der Waals surface area (Å²) in [6.45, 7) is 7.15. The minimum atomic E-state index is -0.477. The number of rotatable bonds is 13. The van der Waals surface area contributed by atoms with Gasteiger partial charge in [-0.3, -0.25) is 4.79 Å². The van der Waals surface area contributed by atoms with Gasteiger partial charge in [-0.1, -0.05) is 26.0 Å². The van der Waals surface area contributed by atoms with Crippen molar-refractivity contribution in [1.82, 2.24) is 5.32 Å². The average Bonchev–Trinajstić information content (AvgIpc) is 2.62. The first-order chi connectivity index (χ1) is 12.0. The second-order valence-corrected chi connectivity index (χ2v) is 5.98. The third-order valence-corrected chi connectivity index (χ3v) is 3.59. The van der Waals surface area contributed by atoms with E-state index in [0.717, 1.165) is 11.3 Å². The lowest BCUT2D eigenvalue weighted by Crippen LogP contribution is -2.44. The number of hydrogen-bond acceptors (Lipinski definition) is 6. The Morgan fingerprint density at radius 3 is 2.24 bits per heavy atom. The Labute approximate surface area is 150 Å². The first-order valence-corrected chi connectivity index (χ1v) is 8.65. The number of nitrogens with two attached hydrogens (primary N) is 2. The fourth-order valence-electron chi connectivity index (χ4n) is 1.93. The molecule has 0 aromatic heterocycles. The molecule has 0 saturated heterocycles. The molecule has 7 nitrogen and oxygen atoms in total. The van der Waals surface area contributed by atoms with Gasteiger partial charge in [0.1, 0.15) is 12.4 Å². The van der Waals surface area contributed by atoms with E-state index in [1.54, 1.807) is 0 Å². The molecule has 0 unspecified atom stereocenters. The van der Waals surface area contributed by atoms with E-state index in [1.807, 2.05) is 38.1 Å². The number of hydrogen-bond donors (Lipinski definition) is 3. The van der Waals surface area contributed by atoms with Gasteiger partial charge in [-0.2, -0.15) is 0 Å². The maximum atomic E-state index is 11.6. The second-order valence-electron chi connectivity index (χ2n) is 5.98. The maximum absolute atomic E-state index is 11.6. The molecule has 0 fully saturated rings. The summed E-state index contributed by atoms with van der Waals surface area (Å²) in [5.74, 6) is 0.772. The maximum Gasteiger partial charge on any atom is 0.237 e. The molecule has 25 heavy (non-hydrogen) atoms. The molecule has 0 aliphatic carbocycles. The molecule has 0 saturated carbocycles. The minimum Gasteiger partial charge on any atom is -0.491 e. The first kappa shape index (κ1) is 21.4. The van der Waals surface area contributed by atoms with Crippen molar-refractivity contribution in [3.63, 3.8) is 0 Å². The SMILES string of the molecule is CC(C)[C@H](N)C(=O)NCCOCCOCCOc1ccc(CN)cc1. The molecule has 1 amide bonds. The van der Waals surface area contributed by atoms with Crippen LogP contribution in [0.2, 0.25) is 0 Å². The van der Waals surface area contributed by atoms with Crippen molar-refractivity contribution in [3.05, 3.63) is 29.8 Å². The number of amides is 1. The van der Waals surface area contributed by atoms with Crippen LogP contribution in [0.3, 0.4) is 0 Å². The van der Waals surface area contributed by atoms with E-state index in [9.17, 15) is 4.79 Å². The number of carbonyl (C=O) groups excluding carboxylic acids is 1. The van der Waals surface area contributed by atoms with Gasteiger partial charge in [0.05, 0.1) is 32.5 Å². The number of benzene rings is 1. The molecule has 0 bridgehead atoms. The Morgan fingerprint density at radius 2 is 1.64 bits per heavy atom. The number of ether oxygens (including phenoxy) is 3. The van der Waals surface area contributed by atoms with Crippen LogP contribution in [-0.2, 0) is 20.8 Å². The highest BCUT2D eigenvalue weighted by molar-refractivity contribution is 5.81. The largest absolute Gasteiger partial charge is 0.491 e. The quantitative estimate of drug-likeness (QED) is 0.450. The fourth-order valence-corrected chi connectivity index (χ4v) is 1.93. The Morgan fingerprint density at radius 1 is 1.04 bits per heavy atom. The zero-order valence-electron chi connectivity index (χ0n) is 15.2. The zero-order valence-corrected chi connectivity index (χ0v) is 15.2. The van der Waals surface area contributed by atoms with Crippen molar-refractivity contribution in [2.75, 3.05) is 39.6 Å². The van der Waals surface area contributed by atoms with Gasteiger partial charge in [-0.05, 0) is 23.6 Å². The molecule has 1 rings (SSSR count). The molecular weight excluding hydrogens is 322 g/mol. The molecule has 0 spiro atoms. The smallest absolute Gasteiger partial charge is 0.237 e. The van der Waals surface area contributed by atoms with E-state index in [0.29, 0.717) is 46.1 Å². The summed E-state index contributed by atoms with van der Waals surface area (Å²) in [6.07, 6.45) is 0. The Bertz CT molecular complexity index is 480. The Kier molecular flexibility index (Phi) is 10.8. The Hall–Kier alpha value is -1.67. The summed E-state index contributed by atoms with van der Waals surface area (Å²) >= 11 is 0. The molecule has 7 heteroatoms. The van der Waals surface area contributed by atoms with Crippen LogP contribution in [0.4, 0.5) is 0 Å². The van der Waals surface area contributed by atoms with Gasteiger partial charge < -0.3 is 31.0 Å². The monoisotopic (exact) mass is 353 g/mol.